The summed E-state index contributed by atoms with van der Waals surface area (Å²) in [6.07, 6.45) is 0. The van der Waals surface area contributed by atoms with Crippen LogP contribution < -0.4 is 9.64 Å². The summed E-state index contributed by atoms with van der Waals surface area (Å²) in [6.45, 7) is 7.12. The van der Waals surface area contributed by atoms with Crippen molar-refractivity contribution >= 4 is 25.4 Å². The number of hydrogen-bond donors (Lipinski definition) is 0. The van der Waals surface area contributed by atoms with Crippen LogP contribution in [0.1, 0.15) is 12.5 Å². The molecular weight excluding hydrogens is 448 g/mol. The standard InChI is InChI=1S/C23H30N2O5S2/c1-3-30-20-7-9-21(10-8-20)32(28,29)23-17-31(26,27)16-22(23)25-13-11-24(12-14-25)19-6-4-5-18(2)15-19/h4-10,15,22-23H,3,11-14,16-17H2,1-2H3/t22-,23-/m1/s1. The molecule has 0 spiro atoms. The predicted molar refractivity (Wildman–Crippen MR) is 126 cm³/mol. The molecule has 32 heavy (non-hydrogen) atoms. The molecule has 2 aliphatic rings. The summed E-state index contributed by atoms with van der Waals surface area (Å²) < 4.78 is 57.3. The van der Waals surface area contributed by atoms with Crippen molar-refractivity contribution in [3.8, 4) is 5.75 Å². The van der Waals surface area contributed by atoms with Crippen LogP contribution in [0.5, 0.6) is 5.75 Å². The van der Waals surface area contributed by atoms with Crippen molar-refractivity contribution in [3.63, 3.8) is 0 Å². The molecule has 2 aliphatic heterocycles. The molecule has 0 amide bonds. The first-order chi connectivity index (χ1) is 15.2. The average Bonchev–Trinajstić information content (AvgIpc) is 3.11. The van der Waals surface area contributed by atoms with E-state index in [4.69, 9.17) is 4.74 Å². The third kappa shape index (κ3) is 4.79. The maximum atomic E-state index is 13.4. The van der Waals surface area contributed by atoms with Gasteiger partial charge in [-0.15, -0.1) is 0 Å². The lowest BCUT2D eigenvalue weighted by atomic mass is 10.1. The highest BCUT2D eigenvalue weighted by molar-refractivity contribution is 7.96. The summed E-state index contributed by atoms with van der Waals surface area (Å²) >= 11 is 0. The average molecular weight is 479 g/mol. The first-order valence-electron chi connectivity index (χ1n) is 10.9. The summed E-state index contributed by atoms with van der Waals surface area (Å²) in [5.74, 6) is 0.151. The van der Waals surface area contributed by atoms with Crippen LogP contribution in [0.4, 0.5) is 5.69 Å². The van der Waals surface area contributed by atoms with Gasteiger partial charge in [0.15, 0.2) is 19.7 Å². The Balaban J connectivity index is 1.53. The van der Waals surface area contributed by atoms with Gasteiger partial charge in [-0.05, 0) is 55.8 Å². The van der Waals surface area contributed by atoms with Gasteiger partial charge in [0.25, 0.3) is 0 Å². The van der Waals surface area contributed by atoms with Crippen LogP contribution in [-0.2, 0) is 19.7 Å². The summed E-state index contributed by atoms with van der Waals surface area (Å²) in [7, 11) is -7.23. The fourth-order valence-electron chi connectivity index (χ4n) is 4.64. The normalized spacial score (nSPS) is 23.9. The zero-order valence-electron chi connectivity index (χ0n) is 18.5. The van der Waals surface area contributed by atoms with Gasteiger partial charge >= 0.3 is 0 Å². The third-order valence-electron chi connectivity index (χ3n) is 6.28. The lowest BCUT2D eigenvalue weighted by Crippen LogP contribution is -2.55. The molecule has 2 fully saturated rings. The van der Waals surface area contributed by atoms with E-state index in [1.807, 2.05) is 17.9 Å². The Kier molecular flexibility index (Phi) is 6.51. The Labute approximate surface area is 190 Å². The number of benzene rings is 2. The second-order valence-electron chi connectivity index (χ2n) is 8.49. The Morgan fingerprint density at radius 1 is 1.00 bits per heavy atom. The second-order valence-corrected chi connectivity index (χ2v) is 12.8. The van der Waals surface area contributed by atoms with Crippen LogP contribution in [0.25, 0.3) is 0 Å². The zero-order chi connectivity index (χ0) is 22.9. The van der Waals surface area contributed by atoms with Gasteiger partial charge in [-0.25, -0.2) is 16.8 Å². The fraction of sp³-hybridized carbons (Fsp3) is 0.478. The van der Waals surface area contributed by atoms with Gasteiger partial charge in [-0.2, -0.15) is 0 Å². The molecule has 2 heterocycles. The van der Waals surface area contributed by atoms with Crippen LogP contribution in [0.2, 0.25) is 0 Å². The van der Waals surface area contributed by atoms with Crippen molar-refractivity contribution in [1.82, 2.24) is 4.90 Å². The maximum Gasteiger partial charge on any atom is 0.183 e. The van der Waals surface area contributed by atoms with Crippen LogP contribution in [0.15, 0.2) is 53.4 Å². The highest BCUT2D eigenvalue weighted by Gasteiger charge is 2.48. The van der Waals surface area contributed by atoms with Crippen LogP contribution in [-0.4, -0.2) is 77.3 Å². The number of sulfone groups is 2. The summed E-state index contributed by atoms with van der Waals surface area (Å²) in [4.78, 5) is 4.46. The molecule has 2 atom stereocenters. The minimum absolute atomic E-state index is 0.113. The number of rotatable bonds is 6. The third-order valence-corrected chi connectivity index (χ3v) is 10.4. The first-order valence-corrected chi connectivity index (χ1v) is 14.3. The smallest absolute Gasteiger partial charge is 0.183 e. The Hall–Kier alpha value is -2.10. The number of aryl methyl sites for hydroxylation is 1. The van der Waals surface area contributed by atoms with E-state index in [1.165, 1.54) is 17.7 Å². The maximum absolute atomic E-state index is 13.4. The number of ether oxygens (including phenoxy) is 1. The van der Waals surface area contributed by atoms with E-state index in [1.54, 1.807) is 12.1 Å². The molecule has 0 aliphatic carbocycles. The lowest BCUT2D eigenvalue weighted by molar-refractivity contribution is 0.201. The number of anilines is 1. The molecular formula is C23H30N2O5S2. The molecule has 0 aromatic heterocycles. The van der Waals surface area contributed by atoms with E-state index in [2.05, 4.69) is 30.0 Å². The van der Waals surface area contributed by atoms with Crippen molar-refractivity contribution in [1.29, 1.82) is 0 Å². The van der Waals surface area contributed by atoms with Crippen molar-refractivity contribution in [2.75, 3.05) is 49.2 Å². The molecule has 4 rings (SSSR count). The molecule has 174 valence electrons. The first kappa shape index (κ1) is 23.1. The van der Waals surface area contributed by atoms with Crippen LogP contribution >= 0.6 is 0 Å². The van der Waals surface area contributed by atoms with E-state index in [-0.39, 0.29) is 16.4 Å². The number of nitrogens with zero attached hydrogens (tertiary/aromatic N) is 2. The van der Waals surface area contributed by atoms with Crippen molar-refractivity contribution < 1.29 is 21.6 Å². The van der Waals surface area contributed by atoms with Gasteiger partial charge in [-0.3, -0.25) is 4.90 Å². The molecule has 2 aromatic rings. The van der Waals surface area contributed by atoms with Gasteiger partial charge in [-0.1, -0.05) is 12.1 Å². The molecule has 9 heteroatoms. The zero-order valence-corrected chi connectivity index (χ0v) is 20.1. The van der Waals surface area contributed by atoms with Crippen LogP contribution in [0.3, 0.4) is 0 Å². The summed E-state index contributed by atoms with van der Waals surface area (Å²) in [5, 5.41) is -0.962. The summed E-state index contributed by atoms with van der Waals surface area (Å²) in [5.41, 5.74) is 2.33. The lowest BCUT2D eigenvalue weighted by Gasteiger charge is -2.40. The molecule has 0 bridgehead atoms. The molecule has 2 aromatic carbocycles. The highest BCUT2D eigenvalue weighted by atomic mass is 32.2. The fourth-order valence-corrected chi connectivity index (χ4v) is 9.47. The molecule has 0 unspecified atom stereocenters. The van der Waals surface area contributed by atoms with Gasteiger partial charge in [0.2, 0.25) is 0 Å². The van der Waals surface area contributed by atoms with Crippen LogP contribution in [0, 0.1) is 6.92 Å². The molecule has 7 nitrogen and oxygen atoms in total. The predicted octanol–water partition coefficient (Wildman–Crippen LogP) is 2.16. The second kappa shape index (κ2) is 9.03. The van der Waals surface area contributed by atoms with Gasteiger partial charge in [0.05, 0.1) is 28.3 Å². The summed E-state index contributed by atoms with van der Waals surface area (Å²) in [6, 6.07) is 14.0. The van der Waals surface area contributed by atoms with Gasteiger partial charge in [0.1, 0.15) is 5.75 Å². The monoisotopic (exact) mass is 478 g/mol. The van der Waals surface area contributed by atoms with E-state index in [0.29, 0.717) is 25.4 Å². The van der Waals surface area contributed by atoms with Gasteiger partial charge in [0, 0.05) is 37.9 Å². The minimum Gasteiger partial charge on any atom is -0.494 e. The molecule has 2 saturated heterocycles. The Morgan fingerprint density at radius 3 is 2.31 bits per heavy atom. The quantitative estimate of drug-likeness (QED) is 0.629. The highest BCUT2D eigenvalue weighted by Crippen LogP contribution is 2.31. The molecule has 0 saturated carbocycles. The van der Waals surface area contributed by atoms with Gasteiger partial charge < -0.3 is 9.64 Å². The number of piperazine rings is 1. The largest absolute Gasteiger partial charge is 0.494 e. The Bertz CT molecular complexity index is 1160. The van der Waals surface area contributed by atoms with E-state index in [0.717, 1.165) is 18.8 Å². The van der Waals surface area contributed by atoms with E-state index >= 15 is 0 Å². The number of hydrogen-bond acceptors (Lipinski definition) is 7. The van der Waals surface area contributed by atoms with Crippen molar-refractivity contribution in [2.45, 2.75) is 30.0 Å². The van der Waals surface area contributed by atoms with E-state index < -0.39 is 31.0 Å². The SMILES string of the molecule is CCOc1ccc(S(=O)(=O)[C@@H]2CS(=O)(=O)C[C@H]2N2CCN(c3cccc(C)c3)CC2)cc1. The van der Waals surface area contributed by atoms with Crippen molar-refractivity contribution in [3.05, 3.63) is 54.1 Å². The molecule has 0 N–H and O–H groups in total. The Morgan fingerprint density at radius 2 is 1.69 bits per heavy atom. The topological polar surface area (TPSA) is 84.0 Å². The van der Waals surface area contributed by atoms with Crippen molar-refractivity contribution in [2.24, 2.45) is 0 Å². The van der Waals surface area contributed by atoms with E-state index in [9.17, 15) is 16.8 Å². The minimum atomic E-state index is -3.80. The molecule has 0 radical (unpaired) electrons.